The Morgan fingerprint density at radius 1 is 1.19 bits per heavy atom. The van der Waals surface area contributed by atoms with Crippen LogP contribution in [0.2, 0.25) is 5.02 Å². The quantitative estimate of drug-likeness (QED) is 0.775. The van der Waals surface area contributed by atoms with E-state index in [1.165, 1.54) is 6.07 Å². The summed E-state index contributed by atoms with van der Waals surface area (Å²) >= 11 is 8.58. The molecule has 4 nitrogen and oxygen atoms in total. The molecular formula is C12H8BrClF2N2O2S. The molecule has 2 rings (SSSR count). The van der Waals surface area contributed by atoms with Gasteiger partial charge in [-0.15, -0.1) is 0 Å². The number of nitrogens with one attached hydrogen (secondary N) is 1. The molecule has 0 atom stereocenters. The Morgan fingerprint density at radius 2 is 1.86 bits per heavy atom. The second-order valence-corrected chi connectivity index (χ2v) is 6.96. The van der Waals surface area contributed by atoms with Crippen molar-refractivity contribution in [2.45, 2.75) is 4.90 Å². The number of sulfonamides is 1. The number of anilines is 2. The predicted molar refractivity (Wildman–Crippen MR) is 80.7 cm³/mol. The van der Waals surface area contributed by atoms with Crippen molar-refractivity contribution >= 4 is 48.9 Å². The molecule has 0 aliphatic rings. The molecule has 0 heterocycles. The van der Waals surface area contributed by atoms with Gasteiger partial charge in [-0.3, -0.25) is 4.72 Å². The monoisotopic (exact) mass is 396 g/mol. The zero-order valence-corrected chi connectivity index (χ0v) is 13.4. The van der Waals surface area contributed by atoms with Gasteiger partial charge >= 0.3 is 0 Å². The molecule has 112 valence electrons. The van der Waals surface area contributed by atoms with E-state index in [1.807, 2.05) is 0 Å². The van der Waals surface area contributed by atoms with E-state index in [0.29, 0.717) is 0 Å². The fourth-order valence-electron chi connectivity index (χ4n) is 1.55. The Kier molecular flexibility index (Phi) is 4.40. The maximum Gasteiger partial charge on any atom is 0.264 e. The van der Waals surface area contributed by atoms with Gasteiger partial charge in [0.2, 0.25) is 0 Å². The van der Waals surface area contributed by atoms with Crippen molar-refractivity contribution in [3.05, 3.63) is 51.5 Å². The first-order chi connectivity index (χ1) is 9.70. The Balaban J connectivity index is 2.48. The van der Waals surface area contributed by atoms with Crippen molar-refractivity contribution < 1.29 is 17.2 Å². The van der Waals surface area contributed by atoms with Gasteiger partial charge in [0.05, 0.1) is 10.7 Å². The van der Waals surface area contributed by atoms with Crippen molar-refractivity contribution in [3.63, 3.8) is 0 Å². The van der Waals surface area contributed by atoms with Crippen molar-refractivity contribution in [1.82, 2.24) is 0 Å². The highest BCUT2D eigenvalue weighted by atomic mass is 79.9. The number of rotatable bonds is 3. The topological polar surface area (TPSA) is 72.2 Å². The lowest BCUT2D eigenvalue weighted by molar-refractivity contribution is 0.570. The van der Waals surface area contributed by atoms with Gasteiger partial charge in [0.15, 0.2) is 5.82 Å². The summed E-state index contributed by atoms with van der Waals surface area (Å²) in [7, 11) is -4.27. The van der Waals surface area contributed by atoms with Crippen LogP contribution in [-0.4, -0.2) is 8.42 Å². The van der Waals surface area contributed by atoms with Crippen LogP contribution in [0.25, 0.3) is 0 Å². The molecule has 0 fully saturated rings. The van der Waals surface area contributed by atoms with E-state index in [1.54, 1.807) is 0 Å². The maximum atomic E-state index is 13.9. The average molecular weight is 398 g/mol. The lowest BCUT2D eigenvalue weighted by Crippen LogP contribution is -2.15. The van der Waals surface area contributed by atoms with E-state index in [4.69, 9.17) is 17.3 Å². The molecule has 0 radical (unpaired) electrons. The van der Waals surface area contributed by atoms with Crippen molar-refractivity contribution in [2.24, 2.45) is 0 Å². The molecule has 0 saturated heterocycles. The summed E-state index contributed by atoms with van der Waals surface area (Å²) in [6.07, 6.45) is 0. The number of hydrogen-bond donors (Lipinski definition) is 2. The Labute approximate surface area is 133 Å². The molecule has 0 amide bonds. The first-order valence-electron chi connectivity index (χ1n) is 5.43. The molecular weight excluding hydrogens is 390 g/mol. The fourth-order valence-corrected chi connectivity index (χ4v) is 3.63. The van der Waals surface area contributed by atoms with Crippen LogP contribution in [0.4, 0.5) is 20.2 Å². The fraction of sp³-hybridized carbons (Fsp3) is 0. The number of benzene rings is 2. The third-order valence-electron chi connectivity index (χ3n) is 2.48. The molecule has 0 aliphatic carbocycles. The minimum absolute atomic E-state index is 0.0000492. The van der Waals surface area contributed by atoms with Crippen LogP contribution in [0.1, 0.15) is 0 Å². The van der Waals surface area contributed by atoms with Gasteiger partial charge in [-0.25, -0.2) is 17.2 Å². The first kappa shape index (κ1) is 16.0. The summed E-state index contributed by atoms with van der Waals surface area (Å²) in [6.45, 7) is 0. The molecule has 3 N–H and O–H groups in total. The summed E-state index contributed by atoms with van der Waals surface area (Å²) in [6, 6.07) is 5.37. The van der Waals surface area contributed by atoms with Crippen LogP contribution in [0.5, 0.6) is 0 Å². The van der Waals surface area contributed by atoms with E-state index in [-0.39, 0.29) is 15.8 Å². The maximum absolute atomic E-state index is 13.9. The van der Waals surface area contributed by atoms with E-state index in [9.17, 15) is 17.2 Å². The molecule has 0 aliphatic heterocycles. The largest absolute Gasteiger partial charge is 0.399 e. The molecule has 0 bridgehead atoms. The van der Waals surface area contributed by atoms with Gasteiger partial charge in [-0.2, -0.15) is 0 Å². The van der Waals surface area contributed by atoms with Gasteiger partial charge in [0.1, 0.15) is 10.7 Å². The lowest BCUT2D eigenvalue weighted by atomic mass is 10.3. The molecule has 0 saturated carbocycles. The van der Waals surface area contributed by atoms with Crippen LogP contribution in [-0.2, 0) is 10.0 Å². The van der Waals surface area contributed by atoms with Crippen molar-refractivity contribution in [3.8, 4) is 0 Å². The molecule has 21 heavy (non-hydrogen) atoms. The number of nitrogens with two attached hydrogens (primary N) is 1. The standard InChI is InChI=1S/C12H8BrClF2N2O2S/c13-8-3-6(15)1-2-10(8)18-21(19,20)11-5-7(17)4-9(14)12(11)16/h1-5,18H,17H2. The van der Waals surface area contributed by atoms with E-state index in [2.05, 4.69) is 20.7 Å². The van der Waals surface area contributed by atoms with Crippen LogP contribution in [0, 0.1) is 11.6 Å². The Bertz CT molecular complexity index is 815. The Hall–Kier alpha value is -1.38. The minimum Gasteiger partial charge on any atom is -0.399 e. The molecule has 2 aromatic carbocycles. The van der Waals surface area contributed by atoms with Gasteiger partial charge < -0.3 is 5.73 Å². The third kappa shape index (κ3) is 3.45. The highest BCUT2D eigenvalue weighted by Gasteiger charge is 2.23. The summed E-state index contributed by atoms with van der Waals surface area (Å²) in [5, 5.41) is -0.409. The van der Waals surface area contributed by atoms with Gasteiger partial charge in [-0.05, 0) is 46.3 Å². The molecule has 0 aromatic heterocycles. The zero-order chi connectivity index (χ0) is 15.8. The molecule has 2 aromatic rings. The van der Waals surface area contributed by atoms with Gasteiger partial charge in [0.25, 0.3) is 10.0 Å². The summed E-state index contributed by atoms with van der Waals surface area (Å²) in [5.41, 5.74) is 5.52. The van der Waals surface area contributed by atoms with E-state index < -0.39 is 31.6 Å². The number of halogens is 4. The Morgan fingerprint density at radius 3 is 2.48 bits per heavy atom. The number of hydrogen-bond acceptors (Lipinski definition) is 3. The second-order valence-electron chi connectivity index (χ2n) is 4.04. The third-order valence-corrected chi connectivity index (χ3v) is 4.78. The summed E-state index contributed by atoms with van der Waals surface area (Å²) in [4.78, 5) is -0.691. The minimum atomic E-state index is -4.27. The summed E-state index contributed by atoms with van der Waals surface area (Å²) in [5.74, 6) is -1.67. The predicted octanol–water partition coefficient (Wildman–Crippen LogP) is 3.76. The van der Waals surface area contributed by atoms with Gasteiger partial charge in [-0.1, -0.05) is 11.6 Å². The van der Waals surface area contributed by atoms with Gasteiger partial charge in [0, 0.05) is 10.2 Å². The molecule has 9 heteroatoms. The van der Waals surface area contributed by atoms with Crippen molar-refractivity contribution in [1.29, 1.82) is 0 Å². The highest BCUT2D eigenvalue weighted by molar-refractivity contribution is 9.10. The van der Waals surface area contributed by atoms with E-state index >= 15 is 0 Å². The molecule has 0 spiro atoms. The zero-order valence-electron chi connectivity index (χ0n) is 10.2. The number of nitrogen functional groups attached to an aromatic ring is 1. The van der Waals surface area contributed by atoms with E-state index in [0.717, 1.165) is 24.3 Å². The SMILES string of the molecule is Nc1cc(Cl)c(F)c(S(=O)(=O)Nc2ccc(F)cc2Br)c1. The second kappa shape index (κ2) is 5.78. The first-order valence-corrected chi connectivity index (χ1v) is 8.08. The van der Waals surface area contributed by atoms with Crippen LogP contribution >= 0.6 is 27.5 Å². The highest BCUT2D eigenvalue weighted by Crippen LogP contribution is 2.29. The van der Waals surface area contributed by atoms with Crippen LogP contribution in [0.15, 0.2) is 39.7 Å². The van der Waals surface area contributed by atoms with Crippen molar-refractivity contribution in [2.75, 3.05) is 10.5 Å². The van der Waals surface area contributed by atoms with Crippen LogP contribution < -0.4 is 10.5 Å². The smallest absolute Gasteiger partial charge is 0.264 e. The average Bonchev–Trinajstić information content (AvgIpc) is 2.37. The summed E-state index contributed by atoms with van der Waals surface area (Å²) < 4.78 is 53.5. The lowest BCUT2D eigenvalue weighted by Gasteiger charge is -2.11. The normalized spacial score (nSPS) is 11.4. The van der Waals surface area contributed by atoms with Crippen LogP contribution in [0.3, 0.4) is 0 Å². The molecule has 0 unspecified atom stereocenters.